The van der Waals surface area contributed by atoms with Crippen molar-refractivity contribution in [1.82, 2.24) is 9.78 Å². The van der Waals surface area contributed by atoms with Gasteiger partial charge < -0.3 is 0 Å². The van der Waals surface area contributed by atoms with Crippen LogP contribution in [0, 0.1) is 0 Å². The van der Waals surface area contributed by atoms with Crippen LogP contribution in [-0.2, 0) is 6.18 Å². The molecule has 1 aromatic heterocycles. The van der Waals surface area contributed by atoms with Gasteiger partial charge in [0, 0.05) is 0 Å². The van der Waals surface area contributed by atoms with Gasteiger partial charge in [0.05, 0.1) is 17.4 Å². The molecule has 0 radical (unpaired) electrons. The normalized spacial score (nSPS) is 11.8. The van der Waals surface area contributed by atoms with Crippen LogP contribution in [0.4, 0.5) is 13.2 Å². The number of benzene rings is 1. The van der Waals surface area contributed by atoms with E-state index >= 15 is 0 Å². The van der Waals surface area contributed by atoms with Crippen molar-refractivity contribution in [3.05, 3.63) is 46.7 Å². The van der Waals surface area contributed by atoms with Crippen LogP contribution in [0.3, 0.4) is 0 Å². The van der Waals surface area contributed by atoms with E-state index in [9.17, 15) is 13.2 Å². The minimum Gasteiger partial charge on any atom is -0.227 e. The molecule has 1 heterocycles. The van der Waals surface area contributed by atoms with Crippen LogP contribution in [0.5, 0.6) is 0 Å². The number of halogens is 4. The minimum absolute atomic E-state index is 0.574. The highest BCUT2D eigenvalue weighted by Crippen LogP contribution is 2.29. The molecule has 0 amide bonds. The second-order valence-corrected chi connectivity index (χ2v) is 3.92. The Labute approximate surface area is 97.8 Å². The fraction of sp³-hybridized carbons (Fsp3) is 0.100. The van der Waals surface area contributed by atoms with Gasteiger partial charge in [-0.15, -0.1) is 0 Å². The fourth-order valence-electron chi connectivity index (χ4n) is 1.27. The van der Waals surface area contributed by atoms with Crippen LogP contribution < -0.4 is 0 Å². The smallest absolute Gasteiger partial charge is 0.227 e. The predicted molar refractivity (Wildman–Crippen MR) is 56.3 cm³/mol. The highest BCUT2D eigenvalue weighted by Gasteiger charge is 2.30. The van der Waals surface area contributed by atoms with E-state index in [0.717, 1.165) is 12.1 Å². The number of rotatable bonds is 1. The lowest BCUT2D eigenvalue weighted by Crippen LogP contribution is -2.05. The predicted octanol–water partition coefficient (Wildman–Crippen LogP) is 3.65. The fourth-order valence-corrected chi connectivity index (χ4v) is 1.68. The van der Waals surface area contributed by atoms with Crippen molar-refractivity contribution in [1.29, 1.82) is 0 Å². The Morgan fingerprint density at radius 1 is 1.06 bits per heavy atom. The minimum atomic E-state index is -4.31. The van der Waals surface area contributed by atoms with E-state index in [-0.39, 0.29) is 0 Å². The Kier molecular flexibility index (Phi) is 2.75. The van der Waals surface area contributed by atoms with Crippen LogP contribution in [0.15, 0.2) is 41.1 Å². The standard InChI is InChI=1S/C10H6BrF3N2/c11-9-5-6-15-16(9)8-3-1-7(2-4-8)10(12,13)14/h1-6H. The largest absolute Gasteiger partial charge is 0.416 e. The van der Waals surface area contributed by atoms with Crippen LogP contribution in [0.1, 0.15) is 5.56 Å². The lowest BCUT2D eigenvalue weighted by atomic mass is 10.2. The zero-order chi connectivity index (χ0) is 11.8. The van der Waals surface area contributed by atoms with Gasteiger partial charge in [0.25, 0.3) is 0 Å². The van der Waals surface area contributed by atoms with Crippen molar-refractivity contribution in [2.24, 2.45) is 0 Å². The molecule has 16 heavy (non-hydrogen) atoms. The third kappa shape index (κ3) is 2.11. The van der Waals surface area contributed by atoms with E-state index in [0.29, 0.717) is 10.3 Å². The second-order valence-electron chi connectivity index (χ2n) is 3.11. The zero-order valence-corrected chi connectivity index (χ0v) is 9.46. The number of nitrogens with zero attached hydrogens (tertiary/aromatic N) is 2. The molecule has 0 N–H and O–H groups in total. The Morgan fingerprint density at radius 3 is 2.12 bits per heavy atom. The van der Waals surface area contributed by atoms with Gasteiger partial charge in [-0.2, -0.15) is 18.3 Å². The van der Waals surface area contributed by atoms with Gasteiger partial charge in [0.1, 0.15) is 4.60 Å². The molecule has 0 aliphatic heterocycles. The summed E-state index contributed by atoms with van der Waals surface area (Å²) >= 11 is 3.24. The summed E-state index contributed by atoms with van der Waals surface area (Å²) in [6.45, 7) is 0. The van der Waals surface area contributed by atoms with Gasteiger partial charge in [-0.1, -0.05) is 0 Å². The maximum atomic E-state index is 12.3. The molecule has 0 spiro atoms. The molecule has 84 valence electrons. The Morgan fingerprint density at radius 2 is 1.69 bits per heavy atom. The van der Waals surface area contributed by atoms with Crippen LogP contribution in [-0.4, -0.2) is 9.78 Å². The van der Waals surface area contributed by atoms with Gasteiger partial charge in [0.15, 0.2) is 0 Å². The van der Waals surface area contributed by atoms with E-state index in [4.69, 9.17) is 0 Å². The average molecular weight is 291 g/mol. The van der Waals surface area contributed by atoms with Crippen molar-refractivity contribution in [2.45, 2.75) is 6.18 Å². The summed E-state index contributed by atoms with van der Waals surface area (Å²) < 4.78 is 39.1. The Balaban J connectivity index is 2.37. The molecule has 2 rings (SSSR count). The molecular formula is C10H6BrF3N2. The maximum absolute atomic E-state index is 12.3. The first-order valence-corrected chi connectivity index (χ1v) is 5.15. The molecule has 1 aromatic carbocycles. The van der Waals surface area contributed by atoms with E-state index in [1.807, 2.05) is 0 Å². The number of alkyl halides is 3. The van der Waals surface area contributed by atoms with Gasteiger partial charge in [-0.3, -0.25) is 0 Å². The number of hydrogen-bond donors (Lipinski definition) is 0. The highest BCUT2D eigenvalue weighted by atomic mass is 79.9. The first kappa shape index (κ1) is 11.2. The molecule has 0 unspecified atom stereocenters. The lowest BCUT2D eigenvalue weighted by molar-refractivity contribution is -0.137. The first-order valence-electron chi connectivity index (χ1n) is 4.35. The van der Waals surface area contributed by atoms with Gasteiger partial charge in [0.2, 0.25) is 0 Å². The molecule has 0 fully saturated rings. The molecule has 0 aliphatic rings. The molecule has 0 saturated carbocycles. The van der Waals surface area contributed by atoms with E-state index in [1.165, 1.54) is 16.8 Å². The average Bonchev–Trinajstić information content (AvgIpc) is 2.63. The molecule has 0 saturated heterocycles. The monoisotopic (exact) mass is 290 g/mol. The molecule has 2 aromatic rings. The summed E-state index contributed by atoms with van der Waals surface area (Å²) in [5.41, 5.74) is -0.0931. The third-order valence-electron chi connectivity index (χ3n) is 2.04. The van der Waals surface area contributed by atoms with E-state index in [1.54, 1.807) is 12.3 Å². The van der Waals surface area contributed by atoms with Crippen LogP contribution in [0.2, 0.25) is 0 Å². The van der Waals surface area contributed by atoms with Gasteiger partial charge in [-0.25, -0.2) is 4.68 Å². The summed E-state index contributed by atoms with van der Waals surface area (Å²) in [6, 6.07) is 6.52. The topological polar surface area (TPSA) is 17.8 Å². The lowest BCUT2D eigenvalue weighted by Gasteiger charge is -2.08. The van der Waals surface area contributed by atoms with Crippen molar-refractivity contribution in [2.75, 3.05) is 0 Å². The first-order chi connectivity index (χ1) is 7.48. The van der Waals surface area contributed by atoms with Gasteiger partial charge >= 0.3 is 6.18 Å². The van der Waals surface area contributed by atoms with Crippen molar-refractivity contribution < 1.29 is 13.2 Å². The Bertz CT molecular complexity index is 488. The third-order valence-corrected chi connectivity index (χ3v) is 2.64. The molecular weight excluding hydrogens is 285 g/mol. The van der Waals surface area contributed by atoms with Crippen LogP contribution >= 0.6 is 15.9 Å². The molecule has 0 bridgehead atoms. The number of hydrogen-bond acceptors (Lipinski definition) is 1. The van der Waals surface area contributed by atoms with Crippen molar-refractivity contribution >= 4 is 15.9 Å². The summed E-state index contributed by atoms with van der Waals surface area (Å²) in [7, 11) is 0. The Hall–Kier alpha value is -1.30. The van der Waals surface area contributed by atoms with Crippen molar-refractivity contribution in [3.8, 4) is 5.69 Å². The SMILES string of the molecule is FC(F)(F)c1ccc(-n2nccc2Br)cc1. The molecule has 6 heteroatoms. The second kappa shape index (κ2) is 3.93. The molecule has 2 nitrogen and oxygen atoms in total. The maximum Gasteiger partial charge on any atom is 0.416 e. The summed E-state index contributed by atoms with van der Waals surface area (Å²) in [4.78, 5) is 0. The van der Waals surface area contributed by atoms with Crippen LogP contribution in [0.25, 0.3) is 5.69 Å². The number of aromatic nitrogens is 2. The highest BCUT2D eigenvalue weighted by molar-refractivity contribution is 9.10. The quantitative estimate of drug-likeness (QED) is 0.784. The van der Waals surface area contributed by atoms with E-state index < -0.39 is 11.7 Å². The summed E-state index contributed by atoms with van der Waals surface area (Å²) in [5, 5.41) is 3.97. The summed E-state index contributed by atoms with van der Waals surface area (Å²) in [6.07, 6.45) is -2.75. The van der Waals surface area contributed by atoms with E-state index in [2.05, 4.69) is 21.0 Å². The summed E-state index contributed by atoms with van der Waals surface area (Å²) in [5.74, 6) is 0. The molecule has 0 aliphatic carbocycles. The van der Waals surface area contributed by atoms with Gasteiger partial charge in [-0.05, 0) is 46.3 Å². The van der Waals surface area contributed by atoms with Crippen molar-refractivity contribution in [3.63, 3.8) is 0 Å². The zero-order valence-electron chi connectivity index (χ0n) is 7.87. The molecule has 0 atom stereocenters.